The highest BCUT2D eigenvalue weighted by atomic mass is 35.5. The molecule has 3 rings (SSSR count). The van der Waals surface area contributed by atoms with Crippen LogP contribution in [0, 0.1) is 11.7 Å². The van der Waals surface area contributed by atoms with Crippen molar-refractivity contribution in [1.29, 1.82) is 0 Å². The van der Waals surface area contributed by atoms with Gasteiger partial charge in [0, 0.05) is 11.6 Å². The molecule has 0 heterocycles. The minimum atomic E-state index is -0.863. The first-order chi connectivity index (χ1) is 12.5. The maximum Gasteiger partial charge on any atom is 0.244 e. The summed E-state index contributed by atoms with van der Waals surface area (Å²) >= 11 is 0. The lowest BCUT2D eigenvalue weighted by Crippen LogP contribution is -2.52. The number of nitrogens with one attached hydrogen (secondary N) is 2. The Hall–Kier alpha value is -1.66. The summed E-state index contributed by atoms with van der Waals surface area (Å²) in [5.41, 5.74) is 5.93. The molecule has 2 fully saturated rings. The van der Waals surface area contributed by atoms with Gasteiger partial charge in [0.1, 0.15) is 5.82 Å². The van der Waals surface area contributed by atoms with E-state index in [-0.39, 0.29) is 35.8 Å². The van der Waals surface area contributed by atoms with Crippen molar-refractivity contribution in [2.75, 3.05) is 10.6 Å². The lowest BCUT2D eigenvalue weighted by atomic mass is 9.82. The largest absolute Gasteiger partial charge is 0.324 e. The fraction of sp³-hybridized carbons (Fsp3) is 0.600. The lowest BCUT2D eigenvalue weighted by molar-refractivity contribution is -0.122. The second-order valence-corrected chi connectivity index (χ2v) is 7.69. The van der Waals surface area contributed by atoms with Crippen molar-refractivity contribution in [3.63, 3.8) is 0 Å². The molecule has 150 valence electrons. The molecule has 0 aliphatic heterocycles. The zero-order valence-corrected chi connectivity index (χ0v) is 16.4. The van der Waals surface area contributed by atoms with Gasteiger partial charge in [0.15, 0.2) is 0 Å². The summed E-state index contributed by atoms with van der Waals surface area (Å²) in [5.74, 6) is -0.953. The Morgan fingerprint density at radius 2 is 1.63 bits per heavy atom. The average Bonchev–Trinajstić information content (AvgIpc) is 2.65. The van der Waals surface area contributed by atoms with Gasteiger partial charge in [-0.1, -0.05) is 38.5 Å². The van der Waals surface area contributed by atoms with Gasteiger partial charge in [-0.2, -0.15) is 0 Å². The summed E-state index contributed by atoms with van der Waals surface area (Å²) in [7, 11) is 0. The molecule has 0 bridgehead atoms. The van der Waals surface area contributed by atoms with Crippen LogP contribution in [0.3, 0.4) is 0 Å². The van der Waals surface area contributed by atoms with Crippen LogP contribution in [0.2, 0.25) is 0 Å². The van der Waals surface area contributed by atoms with Gasteiger partial charge in [0.25, 0.3) is 0 Å². The standard InChI is InChI=1S/C20H28FN3O2.ClH/c21-16-10-9-15(23-19(26)20(22)11-5-2-6-12-20)13-17(16)24-18(25)14-7-3-1-4-8-14;/h9-10,13-14H,1-8,11-12,22H2,(H,23,26)(H,24,25);1H. The van der Waals surface area contributed by atoms with Crippen LogP contribution in [-0.2, 0) is 9.59 Å². The van der Waals surface area contributed by atoms with Crippen molar-refractivity contribution in [1.82, 2.24) is 0 Å². The Morgan fingerprint density at radius 3 is 2.30 bits per heavy atom. The van der Waals surface area contributed by atoms with Gasteiger partial charge >= 0.3 is 0 Å². The van der Waals surface area contributed by atoms with E-state index in [1.165, 1.54) is 18.2 Å². The number of benzene rings is 1. The van der Waals surface area contributed by atoms with Crippen LogP contribution in [0.1, 0.15) is 64.2 Å². The number of amides is 2. The van der Waals surface area contributed by atoms with Gasteiger partial charge < -0.3 is 16.4 Å². The summed E-state index contributed by atoms with van der Waals surface area (Å²) in [6, 6.07) is 4.23. The summed E-state index contributed by atoms with van der Waals surface area (Å²) < 4.78 is 14.1. The highest BCUT2D eigenvalue weighted by molar-refractivity contribution is 5.99. The zero-order valence-electron chi connectivity index (χ0n) is 15.6. The normalized spacial score (nSPS) is 19.6. The van der Waals surface area contributed by atoms with Crippen LogP contribution >= 0.6 is 12.4 Å². The first-order valence-corrected chi connectivity index (χ1v) is 9.69. The summed E-state index contributed by atoms with van der Waals surface area (Å²) in [4.78, 5) is 24.9. The number of hydrogen-bond acceptors (Lipinski definition) is 3. The SMILES string of the molecule is Cl.NC1(C(=O)Nc2ccc(F)c(NC(=O)C3CCCCC3)c2)CCCCC1. The Bertz CT molecular complexity index is 671. The molecule has 5 nitrogen and oxygen atoms in total. The number of nitrogens with two attached hydrogens (primary N) is 1. The molecular formula is C20H29ClFN3O2. The van der Waals surface area contributed by atoms with E-state index in [2.05, 4.69) is 10.6 Å². The van der Waals surface area contributed by atoms with Gasteiger partial charge in [-0.15, -0.1) is 12.4 Å². The summed E-state index contributed by atoms with van der Waals surface area (Å²) in [5, 5.41) is 5.48. The Morgan fingerprint density at radius 1 is 1.00 bits per heavy atom. The molecule has 2 aliphatic carbocycles. The van der Waals surface area contributed by atoms with Crippen molar-refractivity contribution in [3.05, 3.63) is 24.0 Å². The second kappa shape index (κ2) is 9.51. The molecule has 2 aliphatic rings. The third-order valence-electron chi connectivity index (χ3n) is 5.66. The van der Waals surface area contributed by atoms with Crippen LogP contribution in [0.4, 0.5) is 15.8 Å². The quantitative estimate of drug-likeness (QED) is 0.705. The van der Waals surface area contributed by atoms with Crippen molar-refractivity contribution >= 4 is 35.6 Å². The number of carbonyl (C=O) groups is 2. The Kier molecular flexibility index (Phi) is 7.62. The lowest BCUT2D eigenvalue weighted by Gasteiger charge is -2.31. The molecule has 2 amide bonds. The molecule has 0 aromatic heterocycles. The summed E-state index contributed by atoms with van der Waals surface area (Å²) in [6.45, 7) is 0. The minimum Gasteiger partial charge on any atom is -0.324 e. The number of halogens is 2. The van der Waals surface area contributed by atoms with E-state index in [0.29, 0.717) is 18.5 Å². The third kappa shape index (κ3) is 5.42. The molecule has 0 spiro atoms. The first-order valence-electron chi connectivity index (χ1n) is 9.69. The van der Waals surface area contributed by atoms with Crippen LogP contribution in [0.25, 0.3) is 0 Å². The van der Waals surface area contributed by atoms with E-state index in [1.54, 1.807) is 0 Å². The molecule has 1 aromatic carbocycles. The highest BCUT2D eigenvalue weighted by Gasteiger charge is 2.35. The van der Waals surface area contributed by atoms with Gasteiger partial charge in [-0.25, -0.2) is 4.39 Å². The predicted octanol–water partition coefficient (Wildman–Crippen LogP) is 4.37. The molecule has 1 aromatic rings. The molecule has 0 radical (unpaired) electrons. The van der Waals surface area contributed by atoms with E-state index >= 15 is 0 Å². The second-order valence-electron chi connectivity index (χ2n) is 7.69. The van der Waals surface area contributed by atoms with Gasteiger partial charge in [-0.3, -0.25) is 9.59 Å². The smallest absolute Gasteiger partial charge is 0.244 e. The van der Waals surface area contributed by atoms with Crippen LogP contribution in [0.15, 0.2) is 18.2 Å². The first kappa shape index (κ1) is 21.6. The number of carbonyl (C=O) groups excluding carboxylic acids is 2. The predicted molar refractivity (Wildman–Crippen MR) is 107 cm³/mol. The molecule has 4 N–H and O–H groups in total. The van der Waals surface area contributed by atoms with E-state index in [9.17, 15) is 14.0 Å². The van der Waals surface area contributed by atoms with Crippen molar-refractivity contribution < 1.29 is 14.0 Å². The number of anilines is 2. The van der Waals surface area contributed by atoms with E-state index in [1.807, 2.05) is 0 Å². The topological polar surface area (TPSA) is 84.2 Å². The van der Waals surface area contributed by atoms with Crippen molar-refractivity contribution in [3.8, 4) is 0 Å². The molecule has 7 heteroatoms. The molecule has 0 atom stereocenters. The fourth-order valence-electron chi connectivity index (χ4n) is 3.96. The monoisotopic (exact) mass is 397 g/mol. The van der Waals surface area contributed by atoms with Crippen molar-refractivity contribution in [2.24, 2.45) is 11.7 Å². The minimum absolute atomic E-state index is 0. The fourth-order valence-corrected chi connectivity index (χ4v) is 3.96. The van der Waals surface area contributed by atoms with Gasteiger partial charge in [0.2, 0.25) is 11.8 Å². The molecular weight excluding hydrogens is 369 g/mol. The maximum atomic E-state index is 14.1. The van der Waals surface area contributed by atoms with Crippen LogP contribution in [0.5, 0.6) is 0 Å². The maximum absolute atomic E-state index is 14.1. The number of rotatable bonds is 4. The van der Waals surface area contributed by atoms with E-state index in [0.717, 1.165) is 51.4 Å². The van der Waals surface area contributed by atoms with Crippen molar-refractivity contribution in [2.45, 2.75) is 69.7 Å². The molecule has 0 unspecified atom stereocenters. The third-order valence-corrected chi connectivity index (χ3v) is 5.66. The van der Waals surface area contributed by atoms with Crippen LogP contribution in [-0.4, -0.2) is 17.4 Å². The number of hydrogen-bond donors (Lipinski definition) is 3. The average molecular weight is 398 g/mol. The molecule has 0 saturated heterocycles. The highest BCUT2D eigenvalue weighted by Crippen LogP contribution is 2.29. The van der Waals surface area contributed by atoms with E-state index in [4.69, 9.17) is 5.73 Å². The van der Waals surface area contributed by atoms with E-state index < -0.39 is 11.4 Å². The zero-order chi connectivity index (χ0) is 18.6. The van der Waals surface area contributed by atoms with Crippen LogP contribution < -0.4 is 16.4 Å². The Balaban J connectivity index is 0.00000261. The van der Waals surface area contributed by atoms with Gasteiger partial charge in [0.05, 0.1) is 11.2 Å². The molecule has 2 saturated carbocycles. The summed E-state index contributed by atoms with van der Waals surface area (Å²) in [6.07, 6.45) is 9.22. The molecule has 27 heavy (non-hydrogen) atoms. The van der Waals surface area contributed by atoms with Gasteiger partial charge in [-0.05, 0) is 43.9 Å². The Labute approximate surface area is 166 Å².